The molecule has 0 aromatic heterocycles. The Kier molecular flexibility index (Phi) is 6.66. The predicted molar refractivity (Wildman–Crippen MR) is 90.0 cm³/mol. The van der Waals surface area contributed by atoms with Gasteiger partial charge in [0.1, 0.15) is 0 Å². The van der Waals surface area contributed by atoms with Crippen LogP contribution >= 0.6 is 0 Å². The molecule has 5 nitrogen and oxygen atoms in total. The Labute approximate surface area is 145 Å². The second kappa shape index (κ2) is 8.73. The molecule has 138 valence electrons. The van der Waals surface area contributed by atoms with Crippen LogP contribution in [-0.2, 0) is 17.9 Å². The molecule has 8 heteroatoms. The van der Waals surface area contributed by atoms with E-state index in [-0.39, 0.29) is 12.5 Å². The molecule has 2 rings (SSSR count). The van der Waals surface area contributed by atoms with Gasteiger partial charge < -0.3 is 15.5 Å². The zero-order valence-corrected chi connectivity index (χ0v) is 14.2. The first-order chi connectivity index (χ1) is 11.9. The van der Waals surface area contributed by atoms with Crippen molar-refractivity contribution in [1.29, 1.82) is 0 Å². The Morgan fingerprint density at radius 2 is 1.76 bits per heavy atom. The van der Waals surface area contributed by atoms with Crippen molar-refractivity contribution in [2.75, 3.05) is 20.1 Å². The van der Waals surface area contributed by atoms with Crippen LogP contribution in [0.1, 0.15) is 30.4 Å². The largest absolute Gasteiger partial charge is 0.390 e. The van der Waals surface area contributed by atoms with Crippen molar-refractivity contribution in [3.63, 3.8) is 0 Å². The third-order valence-corrected chi connectivity index (χ3v) is 3.98. The van der Waals surface area contributed by atoms with E-state index in [4.69, 9.17) is 0 Å². The van der Waals surface area contributed by atoms with E-state index in [0.717, 1.165) is 0 Å². The average Bonchev–Trinajstić information content (AvgIpc) is 3.00. The molecule has 1 aliphatic rings. The second-order valence-electron chi connectivity index (χ2n) is 5.91. The Bertz CT molecular complexity index is 591. The van der Waals surface area contributed by atoms with Crippen LogP contribution in [0.4, 0.5) is 13.2 Å². The summed E-state index contributed by atoms with van der Waals surface area (Å²) in [6, 6.07) is 7.99. The van der Waals surface area contributed by atoms with Crippen LogP contribution in [0.3, 0.4) is 0 Å². The summed E-state index contributed by atoms with van der Waals surface area (Å²) in [6.07, 6.45) is -4.13. The van der Waals surface area contributed by atoms with Crippen LogP contribution in [0.25, 0.3) is 0 Å². The zero-order valence-electron chi connectivity index (χ0n) is 14.2. The number of carbonyl (C=O) groups is 1. The average molecular weight is 356 g/mol. The minimum atomic E-state index is -4.19. The highest BCUT2D eigenvalue weighted by atomic mass is 19.4. The topological polar surface area (TPSA) is 56.7 Å². The molecule has 25 heavy (non-hydrogen) atoms. The lowest BCUT2D eigenvalue weighted by Gasteiger charge is -2.16. The fraction of sp³-hybridized carbons (Fsp3) is 0.529. The fourth-order valence-corrected chi connectivity index (χ4v) is 2.66. The van der Waals surface area contributed by atoms with Crippen LogP contribution in [0.15, 0.2) is 29.3 Å². The highest BCUT2D eigenvalue weighted by Gasteiger charge is 2.26. The van der Waals surface area contributed by atoms with Crippen LogP contribution in [-0.4, -0.2) is 43.1 Å². The Hall–Kier alpha value is -2.25. The van der Waals surface area contributed by atoms with Gasteiger partial charge >= 0.3 is 6.18 Å². The SMILES string of the molecule is CN=C(NCCCC(=O)N1Cc2ccccc2C1)NCCC(F)(F)F. The van der Waals surface area contributed by atoms with E-state index in [1.165, 1.54) is 18.2 Å². The molecule has 1 aromatic rings. The molecule has 0 atom stereocenters. The first kappa shape index (κ1) is 19.1. The lowest BCUT2D eigenvalue weighted by atomic mass is 10.1. The van der Waals surface area contributed by atoms with E-state index in [1.807, 2.05) is 29.2 Å². The molecule has 1 amide bonds. The molecule has 0 bridgehead atoms. The maximum Gasteiger partial charge on any atom is 0.390 e. The van der Waals surface area contributed by atoms with Gasteiger partial charge in [0.2, 0.25) is 5.91 Å². The van der Waals surface area contributed by atoms with Crippen molar-refractivity contribution < 1.29 is 18.0 Å². The number of halogens is 3. The van der Waals surface area contributed by atoms with Crippen molar-refractivity contribution in [2.45, 2.75) is 38.5 Å². The van der Waals surface area contributed by atoms with Gasteiger partial charge in [-0.2, -0.15) is 13.2 Å². The maximum atomic E-state index is 12.2. The highest BCUT2D eigenvalue weighted by Crippen LogP contribution is 2.22. The minimum Gasteiger partial charge on any atom is -0.356 e. The Morgan fingerprint density at radius 3 is 2.32 bits per heavy atom. The molecular weight excluding hydrogens is 333 g/mol. The summed E-state index contributed by atoms with van der Waals surface area (Å²) >= 11 is 0. The quantitative estimate of drug-likeness (QED) is 0.468. The molecule has 0 fully saturated rings. The third-order valence-electron chi connectivity index (χ3n) is 3.98. The van der Waals surface area contributed by atoms with Gasteiger partial charge in [0.15, 0.2) is 5.96 Å². The van der Waals surface area contributed by atoms with Gasteiger partial charge in [0.05, 0.1) is 6.42 Å². The number of benzene rings is 1. The number of fused-ring (bicyclic) bond motifs is 1. The maximum absolute atomic E-state index is 12.2. The number of carbonyl (C=O) groups excluding carboxylic acids is 1. The number of guanidine groups is 1. The summed E-state index contributed by atoms with van der Waals surface area (Å²) in [5.41, 5.74) is 2.37. The standard InChI is InChI=1S/C17H23F3N4O/c1-21-16(23-10-8-17(18,19)20)22-9-4-7-15(25)24-11-13-5-2-3-6-14(13)12-24/h2-3,5-6H,4,7-12H2,1H3,(H2,21,22,23). The van der Waals surface area contributed by atoms with Gasteiger partial charge in [-0.15, -0.1) is 0 Å². The molecule has 1 aromatic carbocycles. The normalized spacial score (nSPS) is 14.4. The van der Waals surface area contributed by atoms with E-state index in [2.05, 4.69) is 15.6 Å². The lowest BCUT2D eigenvalue weighted by molar-refractivity contribution is -0.133. The van der Waals surface area contributed by atoms with Crippen LogP contribution in [0.5, 0.6) is 0 Å². The number of alkyl halides is 3. The van der Waals surface area contributed by atoms with Crippen molar-refractivity contribution >= 4 is 11.9 Å². The van der Waals surface area contributed by atoms with E-state index in [9.17, 15) is 18.0 Å². The zero-order chi connectivity index (χ0) is 18.3. The summed E-state index contributed by atoms with van der Waals surface area (Å²) in [5, 5.41) is 5.52. The first-order valence-electron chi connectivity index (χ1n) is 8.25. The summed E-state index contributed by atoms with van der Waals surface area (Å²) in [6.45, 7) is 1.53. The van der Waals surface area contributed by atoms with E-state index in [1.54, 1.807) is 0 Å². The number of nitrogens with one attached hydrogen (secondary N) is 2. The third kappa shape index (κ3) is 6.28. The highest BCUT2D eigenvalue weighted by molar-refractivity contribution is 5.80. The summed E-state index contributed by atoms with van der Waals surface area (Å²) in [5.74, 6) is 0.392. The van der Waals surface area contributed by atoms with Gasteiger partial charge in [-0.25, -0.2) is 0 Å². The Morgan fingerprint density at radius 1 is 1.16 bits per heavy atom. The van der Waals surface area contributed by atoms with Crippen molar-refractivity contribution in [3.05, 3.63) is 35.4 Å². The Balaban J connectivity index is 1.63. The summed E-state index contributed by atoms with van der Waals surface area (Å²) < 4.78 is 36.3. The number of aliphatic imine (C=N–C) groups is 1. The predicted octanol–water partition coefficient (Wildman–Crippen LogP) is 2.43. The number of hydrogen-bond donors (Lipinski definition) is 2. The summed E-state index contributed by atoms with van der Waals surface area (Å²) in [4.78, 5) is 17.9. The van der Waals surface area contributed by atoms with Gasteiger partial charge in [0, 0.05) is 39.6 Å². The monoisotopic (exact) mass is 356 g/mol. The second-order valence-corrected chi connectivity index (χ2v) is 5.91. The minimum absolute atomic E-state index is 0.0815. The smallest absolute Gasteiger partial charge is 0.356 e. The molecule has 0 aliphatic carbocycles. The molecule has 0 spiro atoms. The van der Waals surface area contributed by atoms with Gasteiger partial charge in [-0.1, -0.05) is 24.3 Å². The van der Waals surface area contributed by atoms with Crippen LogP contribution < -0.4 is 10.6 Å². The molecular formula is C17H23F3N4O. The molecule has 2 N–H and O–H groups in total. The molecule has 0 saturated carbocycles. The van der Waals surface area contributed by atoms with Gasteiger partial charge in [-0.05, 0) is 17.5 Å². The molecule has 0 unspecified atom stereocenters. The fourth-order valence-electron chi connectivity index (χ4n) is 2.66. The van der Waals surface area contributed by atoms with E-state index < -0.39 is 12.6 Å². The van der Waals surface area contributed by atoms with Gasteiger partial charge in [0.25, 0.3) is 0 Å². The number of rotatable bonds is 6. The van der Waals surface area contributed by atoms with Gasteiger partial charge in [-0.3, -0.25) is 9.79 Å². The van der Waals surface area contributed by atoms with Crippen molar-refractivity contribution in [1.82, 2.24) is 15.5 Å². The van der Waals surface area contributed by atoms with Crippen molar-refractivity contribution in [3.8, 4) is 0 Å². The van der Waals surface area contributed by atoms with Crippen LogP contribution in [0.2, 0.25) is 0 Å². The number of nitrogens with zero attached hydrogens (tertiary/aromatic N) is 2. The van der Waals surface area contributed by atoms with E-state index in [0.29, 0.717) is 38.4 Å². The lowest BCUT2D eigenvalue weighted by Crippen LogP contribution is -2.39. The summed E-state index contributed by atoms with van der Waals surface area (Å²) in [7, 11) is 1.50. The van der Waals surface area contributed by atoms with E-state index >= 15 is 0 Å². The number of amides is 1. The van der Waals surface area contributed by atoms with Crippen LogP contribution in [0, 0.1) is 0 Å². The number of hydrogen-bond acceptors (Lipinski definition) is 2. The molecule has 0 radical (unpaired) electrons. The molecule has 1 aliphatic heterocycles. The molecule has 1 heterocycles. The molecule has 0 saturated heterocycles. The van der Waals surface area contributed by atoms with Crippen molar-refractivity contribution in [2.24, 2.45) is 4.99 Å². The first-order valence-corrected chi connectivity index (χ1v) is 8.25.